The number of carbonyl (C=O) groups excluding carboxylic acids is 1. The van der Waals surface area contributed by atoms with Gasteiger partial charge in [-0.3, -0.25) is 9.69 Å². The van der Waals surface area contributed by atoms with Crippen LogP contribution in [0.25, 0.3) is 10.9 Å². The van der Waals surface area contributed by atoms with E-state index in [1.165, 1.54) is 29.3 Å². The van der Waals surface area contributed by atoms with E-state index in [1.54, 1.807) is 0 Å². The van der Waals surface area contributed by atoms with Gasteiger partial charge < -0.3 is 14.8 Å². The summed E-state index contributed by atoms with van der Waals surface area (Å²) < 4.78 is 5.06. The average Bonchev–Trinajstić information content (AvgIpc) is 3.06. The lowest BCUT2D eigenvalue weighted by Gasteiger charge is -2.52. The number of H-pyrrole nitrogens is 1. The van der Waals surface area contributed by atoms with Crippen molar-refractivity contribution in [3.05, 3.63) is 35.5 Å². The van der Waals surface area contributed by atoms with Gasteiger partial charge in [0.1, 0.15) is 0 Å². The Hall–Kier alpha value is -1.37. The third-order valence-electron chi connectivity index (χ3n) is 7.04. The van der Waals surface area contributed by atoms with E-state index in [1.807, 2.05) is 0 Å². The number of aliphatic hydroxyl groups is 1. The van der Waals surface area contributed by atoms with Crippen LogP contribution in [0, 0.1) is 17.8 Å². The SMILES string of the molecule is COC(=O)[C@@H]1[C@H]2C[C@@H]3c4[nH]c5ccccc5c4CCN3C[C@H]2[C@@H](Br)C[C@H]1O. The first kappa shape index (κ1) is 17.7. The molecular weight excluding hydrogens is 408 g/mol. The maximum atomic E-state index is 12.5. The number of alkyl halides is 1. The molecule has 0 bridgehead atoms. The zero-order valence-electron chi connectivity index (χ0n) is 15.4. The smallest absolute Gasteiger partial charge is 0.311 e. The van der Waals surface area contributed by atoms with Crippen molar-refractivity contribution >= 4 is 32.8 Å². The van der Waals surface area contributed by atoms with Gasteiger partial charge in [0.15, 0.2) is 0 Å². The van der Waals surface area contributed by atoms with Crippen molar-refractivity contribution in [1.82, 2.24) is 9.88 Å². The highest BCUT2D eigenvalue weighted by Crippen LogP contribution is 2.50. The monoisotopic (exact) mass is 432 g/mol. The molecule has 2 N–H and O–H groups in total. The van der Waals surface area contributed by atoms with E-state index in [0.717, 1.165) is 25.9 Å². The summed E-state index contributed by atoms with van der Waals surface area (Å²) in [4.78, 5) is 18.9. The molecule has 6 atom stereocenters. The van der Waals surface area contributed by atoms with Gasteiger partial charge in [-0.1, -0.05) is 34.1 Å². The number of piperidine rings is 1. The summed E-state index contributed by atoms with van der Waals surface area (Å²) >= 11 is 3.80. The molecule has 144 valence electrons. The van der Waals surface area contributed by atoms with Crippen molar-refractivity contribution in [1.29, 1.82) is 0 Å². The highest BCUT2D eigenvalue weighted by molar-refractivity contribution is 9.09. The van der Waals surface area contributed by atoms with Gasteiger partial charge in [0.05, 0.1) is 25.2 Å². The lowest BCUT2D eigenvalue weighted by molar-refractivity contribution is -0.159. The number of ether oxygens (including phenoxy) is 1. The molecule has 5 nitrogen and oxygen atoms in total. The molecule has 27 heavy (non-hydrogen) atoms. The van der Waals surface area contributed by atoms with Crippen LogP contribution in [0.1, 0.15) is 30.1 Å². The Morgan fingerprint density at radius 3 is 2.93 bits per heavy atom. The molecule has 1 aromatic heterocycles. The lowest BCUT2D eigenvalue weighted by Crippen LogP contribution is -2.56. The van der Waals surface area contributed by atoms with Crippen molar-refractivity contribution in [2.45, 2.75) is 36.2 Å². The number of methoxy groups -OCH3 is 1. The van der Waals surface area contributed by atoms with Crippen molar-refractivity contribution in [2.24, 2.45) is 17.8 Å². The van der Waals surface area contributed by atoms with Crippen LogP contribution in [-0.2, 0) is 16.0 Å². The maximum Gasteiger partial charge on any atom is 0.311 e. The van der Waals surface area contributed by atoms with E-state index in [9.17, 15) is 9.90 Å². The van der Waals surface area contributed by atoms with Gasteiger partial charge in [-0.15, -0.1) is 0 Å². The van der Waals surface area contributed by atoms with Crippen LogP contribution in [0.4, 0.5) is 0 Å². The summed E-state index contributed by atoms with van der Waals surface area (Å²) in [5.74, 6) is -0.201. The Morgan fingerprint density at radius 1 is 1.30 bits per heavy atom. The van der Waals surface area contributed by atoms with Gasteiger partial charge in [0, 0.05) is 34.5 Å². The molecule has 6 heteroatoms. The first-order chi connectivity index (χ1) is 13.1. The van der Waals surface area contributed by atoms with E-state index in [2.05, 4.69) is 50.1 Å². The van der Waals surface area contributed by atoms with Crippen LogP contribution in [0.3, 0.4) is 0 Å². The Kier molecular flexibility index (Phi) is 4.33. The minimum atomic E-state index is -0.639. The predicted molar refractivity (Wildman–Crippen MR) is 107 cm³/mol. The number of fused-ring (bicyclic) bond motifs is 6. The van der Waals surface area contributed by atoms with Crippen LogP contribution in [0.2, 0.25) is 0 Å². The third-order valence-corrected chi connectivity index (χ3v) is 8.09. The fraction of sp³-hybridized carbons (Fsp3) is 0.571. The number of hydrogen-bond donors (Lipinski definition) is 2. The van der Waals surface area contributed by atoms with Crippen molar-refractivity contribution < 1.29 is 14.6 Å². The third kappa shape index (κ3) is 2.68. The largest absolute Gasteiger partial charge is 0.469 e. The minimum Gasteiger partial charge on any atom is -0.469 e. The fourth-order valence-electron chi connectivity index (χ4n) is 5.79. The number of esters is 1. The molecule has 2 fully saturated rings. The minimum absolute atomic E-state index is 0.129. The molecule has 1 saturated carbocycles. The van der Waals surface area contributed by atoms with Crippen molar-refractivity contribution in [3.8, 4) is 0 Å². The van der Waals surface area contributed by atoms with Gasteiger partial charge in [-0.25, -0.2) is 0 Å². The highest BCUT2D eigenvalue weighted by atomic mass is 79.9. The number of carbonyl (C=O) groups is 1. The summed E-state index contributed by atoms with van der Waals surface area (Å²) in [5, 5.41) is 12.0. The maximum absolute atomic E-state index is 12.5. The second kappa shape index (κ2) is 6.61. The highest BCUT2D eigenvalue weighted by Gasteiger charge is 2.52. The lowest BCUT2D eigenvalue weighted by atomic mass is 9.65. The van der Waals surface area contributed by atoms with E-state index < -0.39 is 12.0 Å². The number of benzene rings is 1. The number of para-hydroxylation sites is 1. The van der Waals surface area contributed by atoms with E-state index in [-0.39, 0.29) is 22.8 Å². The number of rotatable bonds is 1. The number of aromatic amines is 1. The molecular formula is C21H25BrN2O3. The van der Waals surface area contributed by atoms with Crippen LogP contribution in [0.5, 0.6) is 0 Å². The Balaban J connectivity index is 1.54. The van der Waals surface area contributed by atoms with E-state index in [0.29, 0.717) is 12.3 Å². The van der Waals surface area contributed by atoms with Crippen LogP contribution in [0.15, 0.2) is 24.3 Å². The van der Waals surface area contributed by atoms with Crippen molar-refractivity contribution in [2.75, 3.05) is 20.2 Å². The Bertz CT molecular complexity index is 881. The molecule has 1 aromatic carbocycles. The first-order valence-corrected chi connectivity index (χ1v) is 10.7. The van der Waals surface area contributed by atoms with Crippen LogP contribution >= 0.6 is 15.9 Å². The molecule has 5 rings (SSSR count). The number of nitrogens with zero attached hydrogens (tertiary/aromatic N) is 1. The fourth-order valence-corrected chi connectivity index (χ4v) is 6.74. The molecule has 3 aliphatic rings. The standard InChI is InChI=1S/C21H25BrN2O3/c1-27-21(26)19-13-8-17-20-12(11-4-2-3-5-16(11)23-20)6-7-24(17)10-14(13)15(22)9-18(19)25/h2-5,13-15,17-19,23,25H,6-10H2,1H3/t13-,14+,15-,17+,18+,19+/m0/s1. The molecule has 3 heterocycles. The molecule has 2 aromatic rings. The molecule has 2 aliphatic heterocycles. The summed E-state index contributed by atoms with van der Waals surface area (Å²) in [5.41, 5.74) is 3.92. The molecule has 0 unspecified atom stereocenters. The quantitative estimate of drug-likeness (QED) is 0.536. The predicted octanol–water partition coefficient (Wildman–Crippen LogP) is 3.02. The number of hydrogen-bond acceptors (Lipinski definition) is 4. The Morgan fingerprint density at radius 2 is 2.11 bits per heavy atom. The number of halogens is 1. The summed E-state index contributed by atoms with van der Waals surface area (Å²) in [6.07, 6.45) is 1.91. The summed E-state index contributed by atoms with van der Waals surface area (Å²) in [7, 11) is 1.43. The second-order valence-electron chi connectivity index (χ2n) is 8.25. The molecule has 0 amide bonds. The zero-order chi connectivity index (χ0) is 18.7. The summed E-state index contributed by atoms with van der Waals surface area (Å²) in [6.45, 7) is 2.01. The topological polar surface area (TPSA) is 65.6 Å². The first-order valence-electron chi connectivity index (χ1n) is 9.82. The number of nitrogens with one attached hydrogen (secondary N) is 1. The second-order valence-corrected chi connectivity index (χ2v) is 9.43. The number of aromatic nitrogens is 1. The average molecular weight is 433 g/mol. The van der Waals surface area contributed by atoms with Gasteiger partial charge >= 0.3 is 5.97 Å². The van der Waals surface area contributed by atoms with E-state index in [4.69, 9.17) is 4.74 Å². The Labute approximate surface area is 167 Å². The molecule has 1 saturated heterocycles. The van der Waals surface area contributed by atoms with Gasteiger partial charge in [-0.05, 0) is 42.7 Å². The number of aliphatic hydroxyl groups excluding tert-OH is 1. The molecule has 0 spiro atoms. The van der Waals surface area contributed by atoms with Crippen LogP contribution < -0.4 is 0 Å². The molecule has 1 aliphatic carbocycles. The van der Waals surface area contributed by atoms with Gasteiger partial charge in [0.2, 0.25) is 0 Å². The van der Waals surface area contributed by atoms with Gasteiger partial charge in [0.25, 0.3) is 0 Å². The van der Waals surface area contributed by atoms with Crippen molar-refractivity contribution in [3.63, 3.8) is 0 Å². The van der Waals surface area contributed by atoms with E-state index >= 15 is 0 Å². The summed E-state index contributed by atoms with van der Waals surface area (Å²) in [6, 6.07) is 8.78. The molecule has 0 radical (unpaired) electrons. The van der Waals surface area contributed by atoms with Gasteiger partial charge in [-0.2, -0.15) is 0 Å². The normalized spacial score (nSPS) is 36.0. The zero-order valence-corrected chi connectivity index (χ0v) is 17.0. The van der Waals surface area contributed by atoms with Crippen LogP contribution in [-0.4, -0.2) is 52.1 Å².